The summed E-state index contributed by atoms with van der Waals surface area (Å²) in [5, 5.41) is 9.61. The topological polar surface area (TPSA) is 93.7 Å². The number of rotatable bonds is 10. The standard InChI is InChI=1S/C32H34N2O5/c1-21(2)17-28(34-32(37)39-20-22-11-5-4-6-12-22)30(35)33-29(31(36)38-3)19-27-25-15-9-7-13-23(25)18-24-14-8-10-16-26(24)27/h4-16,18,21,28-29H,17,19-20H2,1-3H3,(H,33,35)(H,34,37)/t28-,29+/m0/s1. The van der Waals surface area contributed by atoms with Crippen LogP contribution in [0.2, 0.25) is 0 Å². The van der Waals surface area contributed by atoms with Crippen molar-refractivity contribution >= 4 is 39.5 Å². The van der Waals surface area contributed by atoms with Crippen LogP contribution in [-0.2, 0) is 32.1 Å². The van der Waals surface area contributed by atoms with E-state index in [0.717, 1.165) is 32.7 Å². The van der Waals surface area contributed by atoms with Gasteiger partial charge in [0.2, 0.25) is 5.91 Å². The fourth-order valence-corrected chi connectivity index (χ4v) is 4.75. The molecule has 7 heteroatoms. The summed E-state index contributed by atoms with van der Waals surface area (Å²) < 4.78 is 10.4. The highest BCUT2D eigenvalue weighted by molar-refractivity contribution is 6.03. The minimum Gasteiger partial charge on any atom is -0.467 e. The van der Waals surface area contributed by atoms with Gasteiger partial charge in [0.05, 0.1) is 7.11 Å². The average Bonchev–Trinajstić information content (AvgIpc) is 2.95. The lowest BCUT2D eigenvalue weighted by molar-refractivity contribution is -0.145. The van der Waals surface area contributed by atoms with E-state index in [1.807, 2.05) is 92.7 Å². The largest absolute Gasteiger partial charge is 0.467 e. The molecule has 4 aromatic carbocycles. The number of nitrogens with one attached hydrogen (secondary N) is 2. The summed E-state index contributed by atoms with van der Waals surface area (Å²) in [6.07, 6.45) is -0.0980. The minimum atomic E-state index is -0.950. The van der Waals surface area contributed by atoms with Crippen LogP contribution < -0.4 is 10.6 Å². The molecule has 0 aliphatic carbocycles. The molecule has 0 saturated carbocycles. The molecule has 2 amide bonds. The van der Waals surface area contributed by atoms with E-state index < -0.39 is 30.1 Å². The zero-order chi connectivity index (χ0) is 27.8. The van der Waals surface area contributed by atoms with Crippen LogP contribution in [0.3, 0.4) is 0 Å². The van der Waals surface area contributed by atoms with Crippen molar-refractivity contribution in [1.82, 2.24) is 10.6 Å². The molecule has 0 spiro atoms. The predicted molar refractivity (Wildman–Crippen MR) is 152 cm³/mol. The average molecular weight is 527 g/mol. The van der Waals surface area contributed by atoms with Crippen molar-refractivity contribution in [3.05, 3.63) is 96.1 Å². The van der Waals surface area contributed by atoms with Crippen LogP contribution in [0, 0.1) is 5.92 Å². The summed E-state index contributed by atoms with van der Waals surface area (Å²) >= 11 is 0. The molecule has 4 rings (SSSR count). The molecule has 0 aromatic heterocycles. The molecular formula is C32H34N2O5. The summed E-state index contributed by atoms with van der Waals surface area (Å²) in [6, 6.07) is 25.5. The first-order valence-electron chi connectivity index (χ1n) is 13.1. The maximum Gasteiger partial charge on any atom is 0.408 e. The second-order valence-electron chi connectivity index (χ2n) is 9.97. The Morgan fingerprint density at radius 1 is 0.769 bits per heavy atom. The molecular weight excluding hydrogens is 492 g/mol. The number of hydrogen-bond donors (Lipinski definition) is 2. The highest BCUT2D eigenvalue weighted by atomic mass is 16.5. The molecule has 7 nitrogen and oxygen atoms in total. The molecule has 0 unspecified atom stereocenters. The van der Waals surface area contributed by atoms with E-state index in [1.165, 1.54) is 7.11 Å². The highest BCUT2D eigenvalue weighted by Crippen LogP contribution is 2.29. The molecule has 0 heterocycles. The molecule has 2 atom stereocenters. The van der Waals surface area contributed by atoms with E-state index in [1.54, 1.807) is 0 Å². The number of ether oxygens (including phenoxy) is 2. The number of fused-ring (bicyclic) bond motifs is 2. The van der Waals surface area contributed by atoms with Crippen molar-refractivity contribution in [1.29, 1.82) is 0 Å². The maximum absolute atomic E-state index is 13.4. The van der Waals surface area contributed by atoms with Crippen LogP contribution in [0.4, 0.5) is 4.79 Å². The number of esters is 1. The lowest BCUT2D eigenvalue weighted by atomic mass is 9.92. The fraction of sp³-hybridized carbons (Fsp3) is 0.281. The molecule has 0 aliphatic heterocycles. The summed E-state index contributed by atoms with van der Waals surface area (Å²) in [5.41, 5.74) is 1.78. The maximum atomic E-state index is 13.4. The van der Waals surface area contributed by atoms with Gasteiger partial charge in [-0.15, -0.1) is 0 Å². The van der Waals surface area contributed by atoms with E-state index in [9.17, 15) is 14.4 Å². The molecule has 39 heavy (non-hydrogen) atoms. The SMILES string of the molecule is COC(=O)[C@@H](Cc1c2ccccc2cc2ccccc12)NC(=O)[C@H](CC(C)C)NC(=O)OCc1ccccc1. The monoisotopic (exact) mass is 526 g/mol. The summed E-state index contributed by atoms with van der Waals surface area (Å²) in [4.78, 5) is 38.9. The van der Waals surface area contributed by atoms with Crippen molar-refractivity contribution in [2.75, 3.05) is 7.11 Å². The molecule has 0 fully saturated rings. The van der Waals surface area contributed by atoms with Crippen LogP contribution in [0.5, 0.6) is 0 Å². The number of amides is 2. The Kier molecular flexibility index (Phi) is 9.15. The first kappa shape index (κ1) is 27.6. The highest BCUT2D eigenvalue weighted by Gasteiger charge is 2.29. The van der Waals surface area contributed by atoms with Gasteiger partial charge in [-0.2, -0.15) is 0 Å². The zero-order valence-corrected chi connectivity index (χ0v) is 22.5. The summed E-state index contributed by atoms with van der Waals surface area (Å²) in [5.74, 6) is -0.926. The van der Waals surface area contributed by atoms with Gasteiger partial charge < -0.3 is 20.1 Å². The molecule has 0 radical (unpaired) electrons. The molecule has 202 valence electrons. The van der Waals surface area contributed by atoms with Crippen LogP contribution >= 0.6 is 0 Å². The molecule has 4 aromatic rings. The predicted octanol–water partition coefficient (Wildman–Crippen LogP) is 5.53. The molecule has 0 bridgehead atoms. The lowest BCUT2D eigenvalue weighted by Gasteiger charge is -2.24. The zero-order valence-electron chi connectivity index (χ0n) is 22.5. The van der Waals surface area contributed by atoms with Gasteiger partial charge in [0.15, 0.2) is 0 Å². The Hall–Kier alpha value is -4.39. The quantitative estimate of drug-likeness (QED) is 0.209. The van der Waals surface area contributed by atoms with Crippen LogP contribution in [0.1, 0.15) is 31.4 Å². The van der Waals surface area contributed by atoms with Crippen molar-refractivity contribution in [2.24, 2.45) is 5.92 Å². The van der Waals surface area contributed by atoms with Gasteiger partial charge in [-0.3, -0.25) is 4.79 Å². The van der Waals surface area contributed by atoms with Crippen molar-refractivity contribution in [3.63, 3.8) is 0 Å². The van der Waals surface area contributed by atoms with E-state index in [4.69, 9.17) is 9.47 Å². The second kappa shape index (κ2) is 12.9. The molecule has 2 N–H and O–H groups in total. The van der Waals surface area contributed by atoms with Crippen molar-refractivity contribution < 1.29 is 23.9 Å². The van der Waals surface area contributed by atoms with E-state index in [-0.39, 0.29) is 18.9 Å². The van der Waals surface area contributed by atoms with Gasteiger partial charge in [-0.25, -0.2) is 9.59 Å². The third kappa shape index (κ3) is 7.13. The number of benzene rings is 4. The number of alkyl carbamates (subject to hydrolysis) is 1. The normalized spacial score (nSPS) is 12.6. The molecule has 0 aliphatic rings. The summed E-state index contributed by atoms with van der Waals surface area (Å²) in [6.45, 7) is 4.00. The number of carbonyl (C=O) groups excluding carboxylic acids is 3. The molecule has 0 saturated heterocycles. The number of methoxy groups -OCH3 is 1. The summed E-state index contributed by atoms with van der Waals surface area (Å²) in [7, 11) is 1.30. The Morgan fingerprint density at radius 3 is 1.95 bits per heavy atom. The Balaban J connectivity index is 1.55. The van der Waals surface area contributed by atoms with E-state index in [0.29, 0.717) is 6.42 Å². The smallest absolute Gasteiger partial charge is 0.408 e. The van der Waals surface area contributed by atoms with Crippen LogP contribution in [-0.4, -0.2) is 37.2 Å². The lowest BCUT2D eigenvalue weighted by Crippen LogP contribution is -2.53. The Morgan fingerprint density at radius 2 is 1.36 bits per heavy atom. The minimum absolute atomic E-state index is 0.0850. The van der Waals surface area contributed by atoms with Crippen molar-refractivity contribution in [2.45, 2.75) is 45.4 Å². The van der Waals surface area contributed by atoms with E-state index >= 15 is 0 Å². The van der Waals surface area contributed by atoms with Crippen LogP contribution in [0.15, 0.2) is 84.9 Å². The van der Waals surface area contributed by atoms with Gasteiger partial charge in [0.25, 0.3) is 0 Å². The third-order valence-electron chi connectivity index (χ3n) is 6.62. The van der Waals surface area contributed by atoms with E-state index in [2.05, 4.69) is 16.7 Å². The second-order valence-corrected chi connectivity index (χ2v) is 9.97. The first-order chi connectivity index (χ1) is 18.9. The number of hydrogen-bond acceptors (Lipinski definition) is 5. The van der Waals surface area contributed by atoms with Crippen LogP contribution in [0.25, 0.3) is 21.5 Å². The Labute approximate surface area is 228 Å². The van der Waals surface area contributed by atoms with Gasteiger partial charge in [0.1, 0.15) is 18.7 Å². The fourth-order valence-electron chi connectivity index (χ4n) is 4.75. The van der Waals surface area contributed by atoms with Gasteiger partial charge >= 0.3 is 12.1 Å². The number of carbonyl (C=O) groups is 3. The third-order valence-corrected chi connectivity index (χ3v) is 6.62. The van der Waals surface area contributed by atoms with Crippen molar-refractivity contribution in [3.8, 4) is 0 Å². The Bertz CT molecular complexity index is 1400. The van der Waals surface area contributed by atoms with Gasteiger partial charge in [0, 0.05) is 6.42 Å². The van der Waals surface area contributed by atoms with Gasteiger partial charge in [-0.1, -0.05) is 92.7 Å². The first-order valence-corrected chi connectivity index (χ1v) is 13.1. The van der Waals surface area contributed by atoms with Gasteiger partial charge in [-0.05, 0) is 51.1 Å².